The lowest BCUT2D eigenvalue weighted by atomic mass is 9.93. The summed E-state index contributed by atoms with van der Waals surface area (Å²) in [5, 5.41) is 17.6. The van der Waals surface area contributed by atoms with E-state index < -0.39 is 5.60 Å². The highest BCUT2D eigenvalue weighted by molar-refractivity contribution is 7.16. The number of anilines is 1. The van der Waals surface area contributed by atoms with Crippen molar-refractivity contribution in [3.8, 4) is 6.07 Å². The molecule has 2 aliphatic rings. The van der Waals surface area contributed by atoms with Gasteiger partial charge in [-0.25, -0.2) is 4.79 Å². The predicted molar refractivity (Wildman–Crippen MR) is 169 cm³/mol. The van der Waals surface area contributed by atoms with E-state index >= 15 is 0 Å². The molecule has 2 amide bonds. The number of fused-ring (bicyclic) bond motifs is 1. The number of amides is 2. The molecule has 3 aromatic rings. The Morgan fingerprint density at radius 2 is 1.91 bits per heavy atom. The van der Waals surface area contributed by atoms with Crippen molar-refractivity contribution < 1.29 is 19.1 Å². The number of nitriles is 1. The number of carbonyl (C=O) groups is 2. The average Bonchev–Trinajstić information content (AvgIpc) is 3.61. The number of piperidine rings is 1. The van der Waals surface area contributed by atoms with Gasteiger partial charge in [-0.3, -0.25) is 14.4 Å². The number of ether oxygens (including phenoxy) is 2. The van der Waals surface area contributed by atoms with E-state index in [-0.39, 0.29) is 12.0 Å². The highest BCUT2D eigenvalue weighted by Crippen LogP contribution is 2.37. The van der Waals surface area contributed by atoms with Crippen molar-refractivity contribution in [1.29, 1.82) is 5.26 Å². The Bertz CT molecular complexity index is 1460. The van der Waals surface area contributed by atoms with E-state index in [1.54, 1.807) is 15.8 Å². The van der Waals surface area contributed by atoms with Crippen LogP contribution in [-0.4, -0.2) is 70.0 Å². The third-order valence-corrected chi connectivity index (χ3v) is 9.17. The lowest BCUT2D eigenvalue weighted by molar-refractivity contribution is 0.0226. The molecule has 44 heavy (non-hydrogen) atoms. The van der Waals surface area contributed by atoms with Crippen LogP contribution < -0.4 is 5.32 Å². The summed E-state index contributed by atoms with van der Waals surface area (Å²) in [6.45, 7) is 11.4. The Balaban J connectivity index is 1.03. The fraction of sp³-hybridized carbons (Fsp3) is 0.515. The van der Waals surface area contributed by atoms with Crippen molar-refractivity contribution in [1.82, 2.24) is 19.6 Å². The summed E-state index contributed by atoms with van der Waals surface area (Å²) in [5.41, 5.74) is 2.56. The first kappa shape index (κ1) is 31.7. The number of carbonyl (C=O) groups excluding carboxylic acids is 2. The van der Waals surface area contributed by atoms with Gasteiger partial charge in [-0.2, -0.15) is 10.4 Å². The maximum atomic E-state index is 13.0. The lowest BCUT2D eigenvalue weighted by Crippen LogP contribution is -2.39. The zero-order chi connectivity index (χ0) is 31.1. The van der Waals surface area contributed by atoms with Gasteiger partial charge in [-0.15, -0.1) is 11.3 Å². The van der Waals surface area contributed by atoms with Crippen LogP contribution >= 0.6 is 11.3 Å². The number of nitrogens with zero attached hydrogens (tertiary/aromatic N) is 5. The second-order valence-electron chi connectivity index (χ2n) is 12.5. The molecule has 0 aliphatic carbocycles. The number of rotatable bonds is 10. The van der Waals surface area contributed by atoms with Gasteiger partial charge in [0.25, 0.3) is 5.91 Å². The first-order chi connectivity index (χ1) is 21.2. The van der Waals surface area contributed by atoms with Crippen LogP contribution in [0.2, 0.25) is 0 Å². The molecule has 1 aromatic carbocycles. The molecule has 1 saturated heterocycles. The summed E-state index contributed by atoms with van der Waals surface area (Å²) in [4.78, 5) is 30.6. The molecular weight excluding hydrogens is 576 g/mol. The van der Waals surface area contributed by atoms with Gasteiger partial charge in [-0.05, 0) is 76.6 Å². The van der Waals surface area contributed by atoms with Gasteiger partial charge in [0.2, 0.25) is 0 Å². The molecule has 11 heteroatoms. The summed E-state index contributed by atoms with van der Waals surface area (Å²) in [6.07, 6.45) is 6.86. The molecular formula is C33H42N6O4S. The van der Waals surface area contributed by atoms with Crippen LogP contribution in [0.5, 0.6) is 0 Å². The largest absolute Gasteiger partial charge is 0.444 e. The molecule has 0 atom stereocenters. The molecule has 1 N–H and O–H groups in total. The summed E-state index contributed by atoms with van der Waals surface area (Å²) < 4.78 is 13.1. The molecule has 234 valence electrons. The van der Waals surface area contributed by atoms with Crippen molar-refractivity contribution >= 4 is 28.3 Å². The molecule has 0 radical (unpaired) electrons. The molecule has 4 heterocycles. The third-order valence-electron chi connectivity index (χ3n) is 8.03. The van der Waals surface area contributed by atoms with Crippen molar-refractivity contribution in [3.63, 3.8) is 0 Å². The SMILES string of the molecule is CC(C)(C)OC(=O)N1CCc2c(sc(NC(=O)c3cnn(CCOCCC4CCN(Cc5ccccc5)CC4)c3)c2C#N)C1. The van der Waals surface area contributed by atoms with E-state index in [2.05, 4.69) is 51.7 Å². The topological polar surface area (TPSA) is 113 Å². The first-order valence-corrected chi connectivity index (χ1v) is 16.2. The average molecular weight is 619 g/mol. The Labute approximate surface area is 263 Å². The number of aromatic nitrogens is 2. The molecule has 10 nitrogen and oxygen atoms in total. The molecule has 2 aromatic heterocycles. The highest BCUT2D eigenvalue weighted by atomic mass is 32.1. The molecule has 0 unspecified atom stereocenters. The third kappa shape index (κ3) is 8.46. The summed E-state index contributed by atoms with van der Waals surface area (Å²) in [5.74, 6) is 0.374. The number of hydrogen-bond donors (Lipinski definition) is 1. The van der Waals surface area contributed by atoms with Crippen LogP contribution in [0.1, 0.15) is 72.0 Å². The normalized spacial score (nSPS) is 15.9. The van der Waals surface area contributed by atoms with Crippen LogP contribution in [-0.2, 0) is 35.5 Å². The molecule has 5 rings (SSSR count). The van der Waals surface area contributed by atoms with Gasteiger partial charge in [0.05, 0.1) is 37.0 Å². The zero-order valence-electron chi connectivity index (χ0n) is 25.9. The second-order valence-corrected chi connectivity index (χ2v) is 13.6. The number of benzene rings is 1. The summed E-state index contributed by atoms with van der Waals surface area (Å²) >= 11 is 1.33. The van der Waals surface area contributed by atoms with Gasteiger partial charge in [0.1, 0.15) is 16.7 Å². The smallest absolute Gasteiger partial charge is 0.410 e. The monoisotopic (exact) mass is 618 g/mol. The quantitative estimate of drug-likeness (QED) is 0.291. The van der Waals surface area contributed by atoms with Crippen LogP contribution in [0.3, 0.4) is 0 Å². The predicted octanol–water partition coefficient (Wildman–Crippen LogP) is 5.68. The maximum Gasteiger partial charge on any atom is 0.410 e. The van der Waals surface area contributed by atoms with Crippen molar-refractivity contribution in [2.45, 2.75) is 71.7 Å². The van der Waals surface area contributed by atoms with Gasteiger partial charge >= 0.3 is 6.09 Å². The number of nitrogens with one attached hydrogen (secondary N) is 1. The van der Waals surface area contributed by atoms with Crippen molar-refractivity contribution in [2.24, 2.45) is 5.92 Å². The van der Waals surface area contributed by atoms with Gasteiger partial charge < -0.3 is 19.7 Å². The fourth-order valence-electron chi connectivity index (χ4n) is 5.66. The van der Waals surface area contributed by atoms with Crippen LogP contribution in [0, 0.1) is 17.2 Å². The lowest BCUT2D eigenvalue weighted by Gasteiger charge is -2.32. The van der Waals surface area contributed by atoms with E-state index in [0.29, 0.717) is 54.7 Å². The minimum absolute atomic E-state index is 0.324. The summed E-state index contributed by atoms with van der Waals surface area (Å²) in [6, 6.07) is 12.9. The Hall–Kier alpha value is -3.72. The number of likely N-dealkylation sites (tertiary alicyclic amines) is 1. The molecule has 1 fully saturated rings. The van der Waals surface area contributed by atoms with Gasteiger partial charge in [0.15, 0.2) is 0 Å². The first-order valence-electron chi connectivity index (χ1n) is 15.4. The minimum Gasteiger partial charge on any atom is -0.444 e. The molecule has 0 bridgehead atoms. The van der Waals surface area contributed by atoms with Crippen molar-refractivity contribution in [3.05, 3.63) is 69.9 Å². The Morgan fingerprint density at radius 3 is 2.64 bits per heavy atom. The summed E-state index contributed by atoms with van der Waals surface area (Å²) in [7, 11) is 0. The number of thiophene rings is 1. The second kappa shape index (κ2) is 14.4. The Morgan fingerprint density at radius 1 is 1.14 bits per heavy atom. The molecule has 0 saturated carbocycles. The van der Waals surface area contributed by atoms with E-state index in [1.807, 2.05) is 20.8 Å². The highest BCUT2D eigenvalue weighted by Gasteiger charge is 2.30. The van der Waals surface area contributed by atoms with Crippen LogP contribution in [0.15, 0.2) is 42.7 Å². The zero-order valence-corrected chi connectivity index (χ0v) is 26.7. The molecule has 0 spiro atoms. The van der Waals surface area contributed by atoms with Crippen molar-refractivity contribution in [2.75, 3.05) is 38.2 Å². The maximum absolute atomic E-state index is 13.0. The van der Waals surface area contributed by atoms with E-state index in [9.17, 15) is 14.9 Å². The van der Waals surface area contributed by atoms with Gasteiger partial charge in [-0.1, -0.05) is 30.3 Å². The Kier molecular flexibility index (Phi) is 10.4. The number of hydrogen-bond acceptors (Lipinski definition) is 8. The van der Waals surface area contributed by atoms with Gasteiger partial charge in [0, 0.05) is 30.8 Å². The van der Waals surface area contributed by atoms with E-state index in [1.165, 1.54) is 35.9 Å². The van der Waals surface area contributed by atoms with Crippen LogP contribution in [0.25, 0.3) is 0 Å². The van der Waals surface area contributed by atoms with Crippen LogP contribution in [0.4, 0.5) is 9.80 Å². The fourth-order valence-corrected chi connectivity index (χ4v) is 6.86. The standard InChI is InChI=1S/C33H42N6O4S/c1-33(2,3)43-32(41)38-15-11-27-28(19-34)31(44-29(27)23-38)36-30(40)26-20-35-39(22-26)16-18-42-17-12-24-9-13-37(14-10-24)21-25-7-5-4-6-8-25/h4-8,20,22,24H,9-18,21,23H2,1-3H3,(H,36,40). The van der Waals surface area contributed by atoms with E-state index in [0.717, 1.165) is 43.1 Å². The minimum atomic E-state index is -0.582. The molecule has 2 aliphatic heterocycles. The van der Waals surface area contributed by atoms with E-state index in [4.69, 9.17) is 9.47 Å².